The molecule has 0 aliphatic heterocycles. The Kier molecular flexibility index (Phi) is 3.01. The molecule has 3 nitrogen and oxygen atoms in total. The summed E-state index contributed by atoms with van der Waals surface area (Å²) in [6, 6.07) is 11.5. The molecule has 1 heterocycles. The van der Waals surface area contributed by atoms with E-state index in [4.69, 9.17) is 5.73 Å². The number of aromatic nitrogens is 1. The van der Waals surface area contributed by atoms with Gasteiger partial charge in [-0.15, -0.1) is 0 Å². The van der Waals surface area contributed by atoms with Crippen molar-refractivity contribution < 1.29 is 4.79 Å². The fourth-order valence-corrected chi connectivity index (χ4v) is 2.38. The third-order valence-electron chi connectivity index (χ3n) is 2.30. The van der Waals surface area contributed by atoms with Gasteiger partial charge in [0.1, 0.15) is 0 Å². The van der Waals surface area contributed by atoms with Crippen molar-refractivity contribution in [3.63, 3.8) is 0 Å². The molecule has 0 bridgehead atoms. The average molecular weight is 232 g/mol. The maximum Gasteiger partial charge on any atom is 0.323 e. The molecule has 1 aromatic carbocycles. The number of amides is 1. The van der Waals surface area contributed by atoms with Crippen LogP contribution in [0.5, 0.6) is 0 Å². The Morgan fingerprint density at radius 2 is 1.94 bits per heavy atom. The summed E-state index contributed by atoms with van der Waals surface area (Å²) < 4.78 is 1.45. The van der Waals surface area contributed by atoms with Crippen LogP contribution >= 0.6 is 11.8 Å². The number of carbonyl (C=O) groups is 1. The van der Waals surface area contributed by atoms with Gasteiger partial charge in [0.15, 0.2) is 0 Å². The van der Waals surface area contributed by atoms with Crippen molar-refractivity contribution >= 4 is 17.8 Å². The van der Waals surface area contributed by atoms with Gasteiger partial charge in [0.2, 0.25) is 0 Å². The summed E-state index contributed by atoms with van der Waals surface area (Å²) >= 11 is 1.62. The van der Waals surface area contributed by atoms with E-state index in [1.807, 2.05) is 43.3 Å². The van der Waals surface area contributed by atoms with Gasteiger partial charge in [-0.05, 0) is 25.1 Å². The van der Waals surface area contributed by atoms with E-state index in [1.165, 1.54) is 4.57 Å². The summed E-state index contributed by atoms with van der Waals surface area (Å²) in [6.45, 7) is 1.88. The molecule has 0 fully saturated rings. The number of hydrogen-bond acceptors (Lipinski definition) is 2. The monoisotopic (exact) mass is 232 g/mol. The second-order valence-electron chi connectivity index (χ2n) is 3.39. The normalized spacial score (nSPS) is 10.3. The number of primary amides is 1. The summed E-state index contributed by atoms with van der Waals surface area (Å²) in [5.41, 5.74) is 6.11. The summed E-state index contributed by atoms with van der Waals surface area (Å²) in [7, 11) is 0. The van der Waals surface area contributed by atoms with Crippen molar-refractivity contribution in [2.24, 2.45) is 5.73 Å². The van der Waals surface area contributed by atoms with Crippen molar-refractivity contribution in [3.05, 3.63) is 48.3 Å². The molecule has 0 unspecified atom stereocenters. The summed E-state index contributed by atoms with van der Waals surface area (Å²) in [5, 5.41) is 0. The molecule has 0 saturated carbocycles. The van der Waals surface area contributed by atoms with Crippen LogP contribution in [0.25, 0.3) is 0 Å². The molecule has 0 spiro atoms. The van der Waals surface area contributed by atoms with Crippen molar-refractivity contribution in [3.8, 4) is 0 Å². The second-order valence-corrected chi connectivity index (χ2v) is 4.50. The number of rotatable bonds is 2. The minimum Gasteiger partial charge on any atom is -0.351 e. The van der Waals surface area contributed by atoms with Crippen LogP contribution in [0, 0.1) is 6.92 Å². The molecule has 0 radical (unpaired) electrons. The molecule has 2 aromatic rings. The second kappa shape index (κ2) is 4.45. The SMILES string of the molecule is Cc1c(Sc2ccccc2)ccn1C(N)=O. The first-order valence-electron chi connectivity index (χ1n) is 4.89. The zero-order chi connectivity index (χ0) is 11.5. The zero-order valence-corrected chi connectivity index (χ0v) is 9.70. The van der Waals surface area contributed by atoms with Gasteiger partial charge in [0.05, 0.1) is 0 Å². The molecule has 0 aliphatic carbocycles. The van der Waals surface area contributed by atoms with E-state index in [1.54, 1.807) is 18.0 Å². The predicted octanol–water partition coefficient (Wildman–Crippen LogP) is 2.87. The molecule has 2 rings (SSSR count). The predicted molar refractivity (Wildman–Crippen MR) is 64.7 cm³/mol. The number of nitrogens with two attached hydrogens (primary N) is 1. The molecular weight excluding hydrogens is 220 g/mol. The molecule has 1 aromatic heterocycles. The van der Waals surface area contributed by atoms with Gasteiger partial charge in [-0.3, -0.25) is 4.57 Å². The summed E-state index contributed by atoms with van der Waals surface area (Å²) in [5.74, 6) is 0. The van der Waals surface area contributed by atoms with Crippen LogP contribution in [0.15, 0.2) is 52.4 Å². The molecule has 4 heteroatoms. The van der Waals surface area contributed by atoms with Gasteiger partial charge in [-0.1, -0.05) is 30.0 Å². The fourth-order valence-electron chi connectivity index (χ4n) is 1.46. The fraction of sp³-hybridized carbons (Fsp3) is 0.0833. The molecule has 0 atom stereocenters. The Labute approximate surface area is 98.3 Å². The van der Waals surface area contributed by atoms with Crippen LogP contribution in [0.1, 0.15) is 5.69 Å². The first-order chi connectivity index (χ1) is 7.68. The highest BCUT2D eigenvalue weighted by Crippen LogP contribution is 2.30. The minimum absolute atomic E-state index is 0.447. The highest BCUT2D eigenvalue weighted by Gasteiger charge is 2.08. The van der Waals surface area contributed by atoms with E-state index >= 15 is 0 Å². The Morgan fingerprint density at radius 3 is 2.50 bits per heavy atom. The van der Waals surface area contributed by atoms with Gasteiger partial charge in [0, 0.05) is 21.7 Å². The van der Waals surface area contributed by atoms with E-state index in [-0.39, 0.29) is 0 Å². The maximum absolute atomic E-state index is 11.1. The molecule has 82 valence electrons. The quantitative estimate of drug-likeness (QED) is 0.865. The van der Waals surface area contributed by atoms with Crippen molar-refractivity contribution in [2.75, 3.05) is 0 Å². The van der Waals surface area contributed by atoms with Crippen LogP contribution in [-0.2, 0) is 0 Å². The van der Waals surface area contributed by atoms with E-state index in [2.05, 4.69) is 0 Å². The Balaban J connectivity index is 2.26. The van der Waals surface area contributed by atoms with Crippen molar-refractivity contribution in [1.29, 1.82) is 0 Å². The zero-order valence-electron chi connectivity index (χ0n) is 8.88. The van der Waals surface area contributed by atoms with Gasteiger partial charge in [0.25, 0.3) is 0 Å². The van der Waals surface area contributed by atoms with Crippen molar-refractivity contribution in [1.82, 2.24) is 4.57 Å². The Bertz CT molecular complexity index is 505. The molecule has 16 heavy (non-hydrogen) atoms. The van der Waals surface area contributed by atoms with Crippen LogP contribution in [0.3, 0.4) is 0 Å². The lowest BCUT2D eigenvalue weighted by Gasteiger charge is -2.02. The van der Waals surface area contributed by atoms with Gasteiger partial charge in [-0.25, -0.2) is 4.79 Å². The Morgan fingerprint density at radius 1 is 1.25 bits per heavy atom. The van der Waals surface area contributed by atoms with Gasteiger partial charge in [-0.2, -0.15) is 0 Å². The van der Waals surface area contributed by atoms with Gasteiger partial charge < -0.3 is 5.73 Å². The summed E-state index contributed by atoms with van der Waals surface area (Å²) in [6.07, 6.45) is 1.70. The molecule has 2 N–H and O–H groups in total. The number of hydrogen-bond donors (Lipinski definition) is 1. The highest BCUT2D eigenvalue weighted by molar-refractivity contribution is 7.99. The lowest BCUT2D eigenvalue weighted by molar-refractivity contribution is 0.250. The average Bonchev–Trinajstić information content (AvgIpc) is 2.62. The largest absolute Gasteiger partial charge is 0.351 e. The first kappa shape index (κ1) is 10.8. The molecule has 0 saturated heterocycles. The number of nitrogens with zero attached hydrogens (tertiary/aromatic N) is 1. The summed E-state index contributed by atoms with van der Waals surface area (Å²) in [4.78, 5) is 13.3. The standard InChI is InChI=1S/C12H12N2OS/c1-9-11(7-8-14(9)12(13)15)16-10-5-3-2-4-6-10/h2-8H,1H3,(H2,13,15). The first-order valence-corrected chi connectivity index (χ1v) is 5.71. The Hall–Kier alpha value is -1.68. The third kappa shape index (κ3) is 2.12. The molecular formula is C12H12N2OS. The maximum atomic E-state index is 11.1. The van der Waals surface area contributed by atoms with Crippen LogP contribution in [0.2, 0.25) is 0 Å². The lowest BCUT2D eigenvalue weighted by atomic mass is 10.4. The van der Waals surface area contributed by atoms with E-state index < -0.39 is 6.03 Å². The van der Waals surface area contributed by atoms with Gasteiger partial charge >= 0.3 is 6.03 Å². The van der Waals surface area contributed by atoms with E-state index in [0.717, 1.165) is 15.5 Å². The van der Waals surface area contributed by atoms with Crippen LogP contribution in [-0.4, -0.2) is 10.6 Å². The van der Waals surface area contributed by atoms with Crippen molar-refractivity contribution in [2.45, 2.75) is 16.7 Å². The highest BCUT2D eigenvalue weighted by atomic mass is 32.2. The third-order valence-corrected chi connectivity index (χ3v) is 3.46. The van der Waals surface area contributed by atoms with Crippen LogP contribution < -0.4 is 5.73 Å². The smallest absolute Gasteiger partial charge is 0.323 e. The lowest BCUT2D eigenvalue weighted by Crippen LogP contribution is -2.19. The van der Waals surface area contributed by atoms with E-state index in [0.29, 0.717) is 0 Å². The minimum atomic E-state index is -0.447. The number of carbonyl (C=O) groups excluding carboxylic acids is 1. The molecule has 1 amide bonds. The van der Waals surface area contributed by atoms with E-state index in [9.17, 15) is 4.79 Å². The van der Waals surface area contributed by atoms with Crippen LogP contribution in [0.4, 0.5) is 4.79 Å². The number of benzene rings is 1. The topological polar surface area (TPSA) is 48.0 Å². The molecule has 0 aliphatic rings.